The minimum absolute atomic E-state index is 0.0135. The molecule has 0 aliphatic heterocycles. The molecule has 0 saturated carbocycles. The van der Waals surface area contributed by atoms with E-state index in [1.54, 1.807) is 0 Å². The lowest BCUT2D eigenvalue weighted by Crippen LogP contribution is -2.36. The number of hydrogen-bond acceptors (Lipinski definition) is 1. The van der Waals surface area contributed by atoms with Crippen molar-refractivity contribution in [2.75, 3.05) is 11.9 Å². The van der Waals surface area contributed by atoms with Crippen molar-refractivity contribution in [1.82, 2.24) is 5.32 Å². The molecule has 0 spiro atoms. The van der Waals surface area contributed by atoms with Gasteiger partial charge in [-0.05, 0) is 22.5 Å². The summed E-state index contributed by atoms with van der Waals surface area (Å²) in [5, 5.41) is 3.90. The van der Waals surface area contributed by atoms with Crippen LogP contribution in [0.3, 0.4) is 0 Å². The summed E-state index contributed by atoms with van der Waals surface area (Å²) in [7, 11) is 0. The Balaban J connectivity index is 2.90. The first-order valence-electron chi connectivity index (χ1n) is 6.61. The van der Waals surface area contributed by atoms with E-state index in [2.05, 4.69) is 55.9 Å². The highest BCUT2D eigenvalue weighted by molar-refractivity contribution is 9.09. The van der Waals surface area contributed by atoms with Gasteiger partial charge in [-0.2, -0.15) is 0 Å². The molecule has 3 heteroatoms. The zero-order chi connectivity index (χ0) is 14.7. The first kappa shape index (κ1) is 16.2. The zero-order valence-electron chi connectivity index (χ0n) is 12.5. The third-order valence-corrected chi connectivity index (χ3v) is 4.59. The summed E-state index contributed by atoms with van der Waals surface area (Å²) in [6, 6.07) is 7.83. The molecule has 106 valence electrons. The molecule has 0 saturated heterocycles. The van der Waals surface area contributed by atoms with Gasteiger partial charge in [-0.15, -0.1) is 0 Å². The molecule has 1 aromatic carbocycles. The maximum Gasteiger partial charge on any atom is 0.251 e. The number of carbonyl (C=O) groups is 1. The lowest BCUT2D eigenvalue weighted by atomic mass is 9.83. The molecule has 0 bridgehead atoms. The first-order valence-corrected chi connectivity index (χ1v) is 7.73. The predicted octanol–water partition coefficient (Wildman–Crippen LogP) is 4.14. The van der Waals surface area contributed by atoms with Gasteiger partial charge in [-0.25, -0.2) is 0 Å². The third kappa shape index (κ3) is 4.64. The Labute approximate surface area is 125 Å². The van der Waals surface area contributed by atoms with Gasteiger partial charge >= 0.3 is 0 Å². The smallest absolute Gasteiger partial charge is 0.251 e. The average molecular weight is 326 g/mol. The standard InChI is InChI=1S/C16H24BrNO/c1-15(2,3)13-9-7-6-8-12(13)14(19)18-11-16(4,5)10-17/h6-9H,10-11H2,1-5H3,(H,18,19). The second-order valence-electron chi connectivity index (χ2n) is 6.78. The molecule has 0 aromatic heterocycles. The van der Waals surface area contributed by atoms with E-state index < -0.39 is 0 Å². The topological polar surface area (TPSA) is 29.1 Å². The quantitative estimate of drug-likeness (QED) is 0.828. The van der Waals surface area contributed by atoms with Crippen LogP contribution in [0.4, 0.5) is 0 Å². The molecule has 1 rings (SSSR count). The fraction of sp³-hybridized carbons (Fsp3) is 0.562. The van der Waals surface area contributed by atoms with Crippen LogP contribution in [0, 0.1) is 5.41 Å². The molecule has 19 heavy (non-hydrogen) atoms. The molecule has 0 heterocycles. The molecular weight excluding hydrogens is 302 g/mol. The minimum atomic E-state index is -0.0289. The number of benzene rings is 1. The number of carbonyl (C=O) groups excluding carboxylic acids is 1. The largest absolute Gasteiger partial charge is 0.351 e. The maximum absolute atomic E-state index is 12.3. The lowest BCUT2D eigenvalue weighted by Gasteiger charge is -2.25. The van der Waals surface area contributed by atoms with Crippen molar-refractivity contribution < 1.29 is 4.79 Å². The van der Waals surface area contributed by atoms with Crippen LogP contribution >= 0.6 is 15.9 Å². The van der Waals surface area contributed by atoms with Gasteiger partial charge in [0, 0.05) is 17.4 Å². The van der Waals surface area contributed by atoms with Crippen molar-refractivity contribution in [3.63, 3.8) is 0 Å². The Bertz CT molecular complexity index is 446. The SMILES string of the molecule is CC(C)(CBr)CNC(=O)c1ccccc1C(C)(C)C. The van der Waals surface area contributed by atoms with Crippen LogP contribution < -0.4 is 5.32 Å². The van der Waals surface area contributed by atoms with E-state index in [4.69, 9.17) is 0 Å². The van der Waals surface area contributed by atoms with Crippen molar-refractivity contribution in [3.05, 3.63) is 35.4 Å². The van der Waals surface area contributed by atoms with Gasteiger partial charge < -0.3 is 5.32 Å². The van der Waals surface area contributed by atoms with Crippen molar-refractivity contribution in [1.29, 1.82) is 0 Å². The summed E-state index contributed by atoms with van der Waals surface area (Å²) in [6.45, 7) is 11.3. The lowest BCUT2D eigenvalue weighted by molar-refractivity contribution is 0.0938. The van der Waals surface area contributed by atoms with Crippen LogP contribution in [0.15, 0.2) is 24.3 Å². The third-order valence-electron chi connectivity index (χ3n) is 3.07. The second kappa shape index (κ2) is 6.08. The van der Waals surface area contributed by atoms with Gasteiger partial charge in [0.15, 0.2) is 0 Å². The van der Waals surface area contributed by atoms with Crippen LogP contribution in [0.25, 0.3) is 0 Å². The van der Waals surface area contributed by atoms with E-state index in [-0.39, 0.29) is 16.7 Å². The highest BCUT2D eigenvalue weighted by atomic mass is 79.9. The summed E-state index contributed by atoms with van der Waals surface area (Å²) in [6.07, 6.45) is 0. The Kier molecular flexibility index (Phi) is 5.19. The normalized spacial score (nSPS) is 12.3. The van der Waals surface area contributed by atoms with E-state index in [9.17, 15) is 4.79 Å². The van der Waals surface area contributed by atoms with Gasteiger partial charge in [0.2, 0.25) is 0 Å². The molecule has 0 aliphatic carbocycles. The van der Waals surface area contributed by atoms with Gasteiger partial charge in [-0.3, -0.25) is 4.79 Å². The van der Waals surface area contributed by atoms with E-state index in [1.165, 1.54) is 0 Å². The number of halogens is 1. The second-order valence-corrected chi connectivity index (χ2v) is 7.34. The summed E-state index contributed by atoms with van der Waals surface area (Å²) < 4.78 is 0. The highest BCUT2D eigenvalue weighted by Gasteiger charge is 2.23. The molecule has 1 N–H and O–H groups in total. The van der Waals surface area contributed by atoms with Gasteiger partial charge in [0.1, 0.15) is 0 Å². The molecule has 0 radical (unpaired) electrons. The number of amides is 1. The Morgan fingerprint density at radius 1 is 1.16 bits per heavy atom. The van der Waals surface area contributed by atoms with E-state index in [0.717, 1.165) is 16.5 Å². The van der Waals surface area contributed by atoms with Gasteiger partial charge in [0.25, 0.3) is 5.91 Å². The summed E-state index contributed by atoms with van der Waals surface area (Å²) >= 11 is 3.47. The van der Waals surface area contributed by atoms with Gasteiger partial charge in [-0.1, -0.05) is 68.7 Å². The van der Waals surface area contributed by atoms with Crippen LogP contribution in [-0.2, 0) is 5.41 Å². The van der Waals surface area contributed by atoms with E-state index in [1.807, 2.05) is 24.3 Å². The van der Waals surface area contributed by atoms with E-state index in [0.29, 0.717) is 6.54 Å². The zero-order valence-corrected chi connectivity index (χ0v) is 14.1. The Morgan fingerprint density at radius 2 is 1.74 bits per heavy atom. The molecule has 1 amide bonds. The summed E-state index contributed by atoms with van der Waals surface area (Å²) in [5.41, 5.74) is 1.90. The highest BCUT2D eigenvalue weighted by Crippen LogP contribution is 2.26. The van der Waals surface area contributed by atoms with Crippen LogP contribution in [-0.4, -0.2) is 17.8 Å². The van der Waals surface area contributed by atoms with Crippen molar-refractivity contribution in [3.8, 4) is 0 Å². The predicted molar refractivity (Wildman–Crippen MR) is 85.1 cm³/mol. The monoisotopic (exact) mass is 325 g/mol. The minimum Gasteiger partial charge on any atom is -0.351 e. The molecule has 0 fully saturated rings. The number of alkyl halides is 1. The molecule has 2 nitrogen and oxygen atoms in total. The average Bonchev–Trinajstić information content (AvgIpc) is 2.35. The van der Waals surface area contributed by atoms with Crippen molar-refractivity contribution in [2.45, 2.75) is 40.0 Å². The number of rotatable bonds is 4. The van der Waals surface area contributed by atoms with Crippen LogP contribution in [0.1, 0.15) is 50.5 Å². The number of hydrogen-bond donors (Lipinski definition) is 1. The molecule has 1 aromatic rings. The molecular formula is C16H24BrNO. The van der Waals surface area contributed by atoms with Gasteiger partial charge in [0.05, 0.1) is 0 Å². The summed E-state index contributed by atoms with van der Waals surface area (Å²) in [5.74, 6) is 0.0135. The van der Waals surface area contributed by atoms with Crippen molar-refractivity contribution >= 4 is 21.8 Å². The fourth-order valence-electron chi connectivity index (χ4n) is 1.80. The molecule has 0 atom stereocenters. The van der Waals surface area contributed by atoms with E-state index >= 15 is 0 Å². The molecule has 0 unspecified atom stereocenters. The fourth-order valence-corrected chi connectivity index (χ4v) is 2.00. The summed E-state index contributed by atoms with van der Waals surface area (Å²) in [4.78, 5) is 12.3. The molecule has 0 aliphatic rings. The first-order chi connectivity index (χ1) is 8.67. The Hall–Kier alpha value is -0.830. The maximum atomic E-state index is 12.3. The van der Waals surface area contributed by atoms with Crippen LogP contribution in [0.2, 0.25) is 0 Å². The van der Waals surface area contributed by atoms with Crippen molar-refractivity contribution in [2.24, 2.45) is 5.41 Å². The van der Waals surface area contributed by atoms with Crippen LogP contribution in [0.5, 0.6) is 0 Å². The number of nitrogens with one attached hydrogen (secondary N) is 1. The Morgan fingerprint density at radius 3 is 2.26 bits per heavy atom.